The van der Waals surface area contributed by atoms with Gasteiger partial charge in [0, 0.05) is 19.1 Å². The summed E-state index contributed by atoms with van der Waals surface area (Å²) in [6.07, 6.45) is 2.06. The first-order chi connectivity index (χ1) is 7.77. The fraction of sp³-hybridized carbons (Fsp3) is 0.462. The molecule has 16 heavy (non-hydrogen) atoms. The third kappa shape index (κ3) is 2.54. The quantitative estimate of drug-likeness (QED) is 0.824. The zero-order valence-corrected chi connectivity index (χ0v) is 9.65. The van der Waals surface area contributed by atoms with E-state index < -0.39 is 0 Å². The molecule has 1 atom stereocenters. The topological polar surface area (TPSA) is 32.3 Å². The molecule has 0 bridgehead atoms. The molecular weight excluding hydrogens is 200 g/mol. The number of benzene rings is 1. The smallest absolute Gasteiger partial charge is 0.317 e. The summed E-state index contributed by atoms with van der Waals surface area (Å²) in [6.45, 7) is 3.75. The Balaban J connectivity index is 1.84. The summed E-state index contributed by atoms with van der Waals surface area (Å²) in [6, 6.07) is 10.8. The summed E-state index contributed by atoms with van der Waals surface area (Å²) < 4.78 is 0. The van der Waals surface area contributed by atoms with E-state index in [0.29, 0.717) is 6.04 Å². The van der Waals surface area contributed by atoms with Crippen LogP contribution in [0.15, 0.2) is 30.3 Å². The predicted octanol–water partition coefficient (Wildman–Crippen LogP) is 2.03. The van der Waals surface area contributed by atoms with Gasteiger partial charge in [0.25, 0.3) is 0 Å². The van der Waals surface area contributed by atoms with Crippen molar-refractivity contribution in [2.24, 2.45) is 0 Å². The van der Waals surface area contributed by atoms with Gasteiger partial charge in [0.05, 0.1) is 0 Å². The molecule has 1 fully saturated rings. The van der Waals surface area contributed by atoms with Gasteiger partial charge >= 0.3 is 6.03 Å². The zero-order chi connectivity index (χ0) is 11.4. The van der Waals surface area contributed by atoms with Crippen LogP contribution in [0.4, 0.5) is 4.79 Å². The van der Waals surface area contributed by atoms with Crippen LogP contribution in [0.1, 0.15) is 18.9 Å². The molecule has 1 heterocycles. The van der Waals surface area contributed by atoms with Crippen LogP contribution in [0.25, 0.3) is 0 Å². The minimum Gasteiger partial charge on any atom is -0.336 e. The highest BCUT2D eigenvalue weighted by Gasteiger charge is 2.23. The SMILES string of the molecule is CC(CCc1ccccc1)N1CCNC1=O. The van der Waals surface area contributed by atoms with E-state index in [9.17, 15) is 4.79 Å². The minimum absolute atomic E-state index is 0.0839. The first kappa shape index (κ1) is 11.0. The fourth-order valence-electron chi connectivity index (χ4n) is 2.08. The lowest BCUT2D eigenvalue weighted by molar-refractivity contribution is 0.199. The van der Waals surface area contributed by atoms with Gasteiger partial charge in [0.1, 0.15) is 0 Å². The number of rotatable bonds is 4. The van der Waals surface area contributed by atoms with Crippen LogP contribution in [0.5, 0.6) is 0 Å². The van der Waals surface area contributed by atoms with Crippen LogP contribution < -0.4 is 5.32 Å². The molecule has 2 amide bonds. The number of carbonyl (C=O) groups excluding carboxylic acids is 1. The number of hydrogen-bond acceptors (Lipinski definition) is 1. The minimum atomic E-state index is 0.0839. The van der Waals surface area contributed by atoms with Gasteiger partial charge in [-0.1, -0.05) is 30.3 Å². The van der Waals surface area contributed by atoms with Crippen LogP contribution in [0.2, 0.25) is 0 Å². The summed E-state index contributed by atoms with van der Waals surface area (Å²) in [4.78, 5) is 13.4. The van der Waals surface area contributed by atoms with Crippen LogP contribution in [0, 0.1) is 0 Å². The molecule has 1 unspecified atom stereocenters. The molecule has 0 aliphatic carbocycles. The maximum Gasteiger partial charge on any atom is 0.317 e. The maximum atomic E-state index is 11.4. The van der Waals surface area contributed by atoms with Crippen molar-refractivity contribution in [1.29, 1.82) is 0 Å². The van der Waals surface area contributed by atoms with E-state index in [4.69, 9.17) is 0 Å². The number of hydrogen-bond donors (Lipinski definition) is 1. The van der Waals surface area contributed by atoms with Crippen molar-refractivity contribution in [2.75, 3.05) is 13.1 Å². The summed E-state index contributed by atoms with van der Waals surface area (Å²) in [7, 11) is 0. The van der Waals surface area contributed by atoms with Crippen LogP contribution in [-0.4, -0.2) is 30.1 Å². The van der Waals surface area contributed by atoms with Crippen molar-refractivity contribution in [1.82, 2.24) is 10.2 Å². The number of urea groups is 1. The molecular formula is C13H18N2O. The van der Waals surface area contributed by atoms with Crippen molar-refractivity contribution >= 4 is 6.03 Å². The second-order valence-electron chi connectivity index (χ2n) is 4.30. The molecule has 0 saturated carbocycles. The Morgan fingerprint density at radius 2 is 2.12 bits per heavy atom. The molecule has 0 radical (unpaired) electrons. The Labute approximate surface area is 96.5 Å². The van der Waals surface area contributed by atoms with Gasteiger partial charge in [-0.25, -0.2) is 4.79 Å². The Kier molecular flexibility index (Phi) is 3.44. The van der Waals surface area contributed by atoms with Crippen LogP contribution in [-0.2, 0) is 6.42 Å². The highest BCUT2D eigenvalue weighted by molar-refractivity contribution is 5.76. The third-order valence-corrected chi connectivity index (χ3v) is 3.12. The monoisotopic (exact) mass is 218 g/mol. The Bertz CT molecular complexity index is 350. The Morgan fingerprint density at radius 1 is 1.38 bits per heavy atom. The van der Waals surface area contributed by atoms with Gasteiger partial charge in [-0.15, -0.1) is 0 Å². The van der Waals surface area contributed by atoms with Crippen molar-refractivity contribution < 1.29 is 4.79 Å². The van der Waals surface area contributed by atoms with E-state index >= 15 is 0 Å². The summed E-state index contributed by atoms with van der Waals surface area (Å²) in [5.74, 6) is 0. The summed E-state index contributed by atoms with van der Waals surface area (Å²) in [5.41, 5.74) is 1.34. The molecule has 1 aliphatic rings. The second kappa shape index (κ2) is 5.01. The van der Waals surface area contributed by atoms with Gasteiger partial charge in [0.15, 0.2) is 0 Å². The van der Waals surface area contributed by atoms with E-state index in [2.05, 4.69) is 36.5 Å². The lowest BCUT2D eigenvalue weighted by atomic mass is 10.1. The molecule has 86 valence electrons. The average molecular weight is 218 g/mol. The highest BCUT2D eigenvalue weighted by atomic mass is 16.2. The predicted molar refractivity (Wildman–Crippen MR) is 64.3 cm³/mol. The van der Waals surface area contributed by atoms with E-state index in [0.717, 1.165) is 25.9 Å². The number of aryl methyl sites for hydroxylation is 1. The summed E-state index contributed by atoms with van der Waals surface area (Å²) in [5, 5.41) is 2.84. The molecule has 1 aromatic carbocycles. The lowest BCUT2D eigenvalue weighted by Crippen LogP contribution is -2.36. The van der Waals surface area contributed by atoms with Gasteiger partial charge in [0.2, 0.25) is 0 Å². The zero-order valence-electron chi connectivity index (χ0n) is 9.65. The Hall–Kier alpha value is -1.51. The van der Waals surface area contributed by atoms with E-state index in [-0.39, 0.29) is 6.03 Å². The first-order valence-corrected chi connectivity index (χ1v) is 5.86. The normalized spacial score (nSPS) is 17.3. The third-order valence-electron chi connectivity index (χ3n) is 3.12. The molecule has 0 aromatic heterocycles. The van der Waals surface area contributed by atoms with Gasteiger partial charge in [-0.05, 0) is 25.3 Å². The van der Waals surface area contributed by atoms with Gasteiger partial charge < -0.3 is 10.2 Å². The molecule has 1 aliphatic heterocycles. The highest BCUT2D eigenvalue weighted by Crippen LogP contribution is 2.11. The van der Waals surface area contributed by atoms with Crippen LogP contribution in [0.3, 0.4) is 0 Å². The Morgan fingerprint density at radius 3 is 2.75 bits per heavy atom. The lowest BCUT2D eigenvalue weighted by Gasteiger charge is -2.22. The number of nitrogens with one attached hydrogen (secondary N) is 1. The standard InChI is InChI=1S/C13H18N2O/c1-11(15-10-9-14-13(15)16)7-8-12-5-3-2-4-6-12/h2-6,11H,7-10H2,1H3,(H,14,16). The number of carbonyl (C=O) groups is 1. The first-order valence-electron chi connectivity index (χ1n) is 5.86. The molecule has 1 aromatic rings. The number of amides is 2. The van der Waals surface area contributed by atoms with Crippen molar-refractivity contribution in [3.63, 3.8) is 0 Å². The van der Waals surface area contributed by atoms with E-state index in [1.54, 1.807) is 0 Å². The van der Waals surface area contributed by atoms with E-state index in [1.165, 1.54) is 5.56 Å². The van der Waals surface area contributed by atoms with Gasteiger partial charge in [-0.3, -0.25) is 0 Å². The fourth-order valence-corrected chi connectivity index (χ4v) is 2.08. The van der Waals surface area contributed by atoms with Crippen molar-refractivity contribution in [3.05, 3.63) is 35.9 Å². The molecule has 3 heteroatoms. The van der Waals surface area contributed by atoms with Crippen molar-refractivity contribution in [3.8, 4) is 0 Å². The summed E-state index contributed by atoms with van der Waals surface area (Å²) >= 11 is 0. The molecule has 0 spiro atoms. The maximum absolute atomic E-state index is 11.4. The molecule has 2 rings (SSSR count). The molecule has 3 nitrogen and oxygen atoms in total. The molecule has 1 N–H and O–H groups in total. The van der Waals surface area contributed by atoms with E-state index in [1.807, 2.05) is 11.0 Å². The van der Waals surface area contributed by atoms with Crippen molar-refractivity contribution in [2.45, 2.75) is 25.8 Å². The van der Waals surface area contributed by atoms with Gasteiger partial charge in [-0.2, -0.15) is 0 Å². The average Bonchev–Trinajstić information content (AvgIpc) is 2.74. The number of nitrogens with zero attached hydrogens (tertiary/aromatic N) is 1. The van der Waals surface area contributed by atoms with Crippen LogP contribution >= 0.6 is 0 Å². The largest absolute Gasteiger partial charge is 0.336 e. The second-order valence-corrected chi connectivity index (χ2v) is 4.30. The molecule has 1 saturated heterocycles.